The second kappa shape index (κ2) is 12.8. The standard InChI is InChI=1S/C35H25IN4O7S/c1-46-29-16-21(15-28(36)33(29)47-19-20-9-12-24(13-10-20)39(42)43)17-30-34(41)38-32(23-6-4-7-25(18-23)40(44)45)27-14-11-22-5-2-3-8-26(22)31(27)37-35(38)48-30/h2-10,12-13,15-18,32H,11,14,19H2,1H3/b30-17-/t32-/m0/s1. The molecule has 240 valence electrons. The number of thiazole rings is 1. The number of non-ortho nitro benzene ring substituents is 2. The number of rotatable bonds is 8. The molecule has 0 saturated heterocycles. The Kier molecular flexibility index (Phi) is 8.39. The van der Waals surface area contributed by atoms with E-state index in [9.17, 15) is 25.0 Å². The van der Waals surface area contributed by atoms with Crippen molar-refractivity contribution in [1.82, 2.24) is 4.57 Å². The van der Waals surface area contributed by atoms with Crippen molar-refractivity contribution < 1.29 is 19.3 Å². The zero-order chi connectivity index (χ0) is 33.5. The Morgan fingerprint density at radius 2 is 1.75 bits per heavy atom. The molecule has 0 bridgehead atoms. The highest BCUT2D eigenvalue weighted by Crippen LogP contribution is 2.42. The molecule has 11 nitrogen and oxygen atoms in total. The van der Waals surface area contributed by atoms with Crippen LogP contribution in [0, 0.1) is 23.8 Å². The van der Waals surface area contributed by atoms with E-state index in [4.69, 9.17) is 14.5 Å². The molecule has 1 aromatic heterocycles. The largest absolute Gasteiger partial charge is 0.493 e. The molecule has 48 heavy (non-hydrogen) atoms. The number of methoxy groups -OCH3 is 1. The summed E-state index contributed by atoms with van der Waals surface area (Å²) in [6.45, 7) is 0.174. The van der Waals surface area contributed by atoms with Gasteiger partial charge in [-0.3, -0.25) is 29.6 Å². The Bertz CT molecular complexity index is 2350. The number of fused-ring (bicyclic) bond motifs is 3. The molecule has 1 aliphatic heterocycles. The summed E-state index contributed by atoms with van der Waals surface area (Å²) in [6, 6.07) is 23.8. The number of aromatic nitrogens is 1. The number of nitrogens with zero attached hydrogens (tertiary/aromatic N) is 4. The molecule has 0 amide bonds. The van der Waals surface area contributed by atoms with Crippen LogP contribution in [0.1, 0.15) is 40.3 Å². The monoisotopic (exact) mass is 772 g/mol. The number of ether oxygens (including phenoxy) is 2. The maximum Gasteiger partial charge on any atom is 0.271 e. The Hall–Kier alpha value is -5.15. The molecule has 0 N–H and O–H groups in total. The number of halogens is 1. The summed E-state index contributed by atoms with van der Waals surface area (Å²) in [6.07, 6.45) is 3.23. The molecule has 7 rings (SSSR count). The highest BCUT2D eigenvalue weighted by atomic mass is 127. The average Bonchev–Trinajstić information content (AvgIpc) is 3.40. The summed E-state index contributed by atoms with van der Waals surface area (Å²) in [5.74, 6) is 0.969. The van der Waals surface area contributed by atoms with Gasteiger partial charge in [-0.05, 0) is 93.6 Å². The van der Waals surface area contributed by atoms with Gasteiger partial charge in [-0.2, -0.15) is 0 Å². The van der Waals surface area contributed by atoms with Crippen molar-refractivity contribution in [2.24, 2.45) is 4.99 Å². The van der Waals surface area contributed by atoms with Gasteiger partial charge in [-0.15, -0.1) is 0 Å². The third kappa shape index (κ3) is 5.79. The molecule has 13 heteroatoms. The average molecular weight is 773 g/mol. The van der Waals surface area contributed by atoms with E-state index in [1.807, 2.05) is 30.3 Å². The number of benzene rings is 4. The summed E-state index contributed by atoms with van der Waals surface area (Å²) < 4.78 is 14.6. The fraction of sp³-hybridized carbons (Fsp3) is 0.143. The van der Waals surface area contributed by atoms with Gasteiger partial charge in [0.25, 0.3) is 16.9 Å². The molecule has 0 radical (unpaired) electrons. The van der Waals surface area contributed by atoms with Crippen molar-refractivity contribution >= 4 is 57.1 Å². The van der Waals surface area contributed by atoms with Gasteiger partial charge in [0.2, 0.25) is 0 Å². The lowest BCUT2D eigenvalue weighted by Gasteiger charge is -2.30. The predicted octanol–water partition coefficient (Wildman–Crippen LogP) is 6.33. The van der Waals surface area contributed by atoms with E-state index in [1.165, 1.54) is 42.2 Å². The van der Waals surface area contributed by atoms with Gasteiger partial charge in [0.05, 0.1) is 36.8 Å². The Balaban J connectivity index is 1.30. The highest BCUT2D eigenvalue weighted by molar-refractivity contribution is 14.1. The van der Waals surface area contributed by atoms with Gasteiger partial charge in [-0.25, -0.2) is 4.99 Å². The number of hydrogen-bond acceptors (Lipinski definition) is 9. The molecule has 4 aromatic carbocycles. The van der Waals surface area contributed by atoms with Crippen molar-refractivity contribution in [3.63, 3.8) is 0 Å². The first-order valence-electron chi connectivity index (χ1n) is 14.8. The normalized spacial score (nSPS) is 15.2. The second-order valence-electron chi connectivity index (χ2n) is 11.2. The zero-order valence-electron chi connectivity index (χ0n) is 25.3. The van der Waals surface area contributed by atoms with Crippen molar-refractivity contribution in [2.75, 3.05) is 7.11 Å². The van der Waals surface area contributed by atoms with Crippen LogP contribution in [-0.2, 0) is 13.0 Å². The zero-order valence-corrected chi connectivity index (χ0v) is 28.3. The highest BCUT2D eigenvalue weighted by Gasteiger charge is 2.33. The molecule has 0 unspecified atom stereocenters. The van der Waals surface area contributed by atoms with Gasteiger partial charge < -0.3 is 9.47 Å². The van der Waals surface area contributed by atoms with Gasteiger partial charge in [0.1, 0.15) is 6.61 Å². The Labute approximate surface area is 290 Å². The Morgan fingerprint density at radius 1 is 0.979 bits per heavy atom. The molecule has 0 fully saturated rings. The lowest BCUT2D eigenvalue weighted by atomic mass is 9.83. The molecular formula is C35H25IN4O7S. The molecule has 1 aliphatic carbocycles. The molecule has 5 aromatic rings. The summed E-state index contributed by atoms with van der Waals surface area (Å²) in [5.41, 5.74) is 5.80. The van der Waals surface area contributed by atoms with E-state index >= 15 is 0 Å². The summed E-state index contributed by atoms with van der Waals surface area (Å²) in [7, 11) is 1.53. The third-order valence-electron chi connectivity index (χ3n) is 8.35. The van der Waals surface area contributed by atoms with Crippen LogP contribution in [0.25, 0.3) is 11.8 Å². The van der Waals surface area contributed by atoms with Gasteiger partial charge in [0.15, 0.2) is 16.3 Å². The second-order valence-corrected chi connectivity index (χ2v) is 13.4. The SMILES string of the molecule is COc1cc(/C=c2\sc3n(c2=O)[C@@H](c2cccc([N+](=O)[O-])c2)C2=C(N=3)c3ccccc3CC2)cc(I)c1OCc1ccc([N+](=O)[O-])cc1. The predicted molar refractivity (Wildman–Crippen MR) is 189 cm³/mol. The van der Waals surface area contributed by atoms with Crippen LogP contribution in [0.15, 0.2) is 100 Å². The smallest absolute Gasteiger partial charge is 0.271 e. The van der Waals surface area contributed by atoms with Crippen LogP contribution in [0.4, 0.5) is 11.4 Å². The van der Waals surface area contributed by atoms with Crippen LogP contribution < -0.4 is 24.4 Å². The minimum atomic E-state index is -0.545. The van der Waals surface area contributed by atoms with Gasteiger partial charge >= 0.3 is 0 Å². The van der Waals surface area contributed by atoms with Crippen LogP contribution in [0.5, 0.6) is 11.5 Å². The number of nitro benzene ring substituents is 2. The van der Waals surface area contributed by atoms with Crippen LogP contribution >= 0.6 is 33.9 Å². The Morgan fingerprint density at radius 3 is 2.50 bits per heavy atom. The van der Waals surface area contributed by atoms with Gasteiger partial charge in [-0.1, -0.05) is 47.7 Å². The summed E-state index contributed by atoms with van der Waals surface area (Å²) >= 11 is 3.42. The minimum absolute atomic E-state index is 0.00179. The van der Waals surface area contributed by atoms with Crippen molar-refractivity contribution in [1.29, 1.82) is 0 Å². The van der Waals surface area contributed by atoms with E-state index in [0.29, 0.717) is 38.4 Å². The number of hydrogen-bond donors (Lipinski definition) is 0. The fourth-order valence-corrected chi connectivity index (χ4v) is 7.90. The molecule has 2 aliphatic rings. The number of aryl methyl sites for hydroxylation is 1. The lowest BCUT2D eigenvalue weighted by Crippen LogP contribution is -2.38. The van der Waals surface area contributed by atoms with E-state index in [-0.39, 0.29) is 23.5 Å². The quantitative estimate of drug-likeness (QED) is 0.102. The van der Waals surface area contributed by atoms with Crippen LogP contribution in [-0.4, -0.2) is 21.5 Å². The maximum absolute atomic E-state index is 14.2. The van der Waals surface area contributed by atoms with Gasteiger partial charge in [0, 0.05) is 29.8 Å². The van der Waals surface area contributed by atoms with Crippen molar-refractivity contribution in [2.45, 2.75) is 25.5 Å². The molecule has 1 atom stereocenters. The summed E-state index contributed by atoms with van der Waals surface area (Å²) in [4.78, 5) is 41.6. The lowest BCUT2D eigenvalue weighted by molar-refractivity contribution is -0.385. The molecule has 0 saturated carbocycles. The molecule has 0 spiro atoms. The topological polar surface area (TPSA) is 139 Å². The maximum atomic E-state index is 14.2. The van der Waals surface area contributed by atoms with E-state index in [2.05, 4.69) is 28.7 Å². The van der Waals surface area contributed by atoms with Crippen LogP contribution in [0.3, 0.4) is 0 Å². The first kappa shape index (κ1) is 31.4. The summed E-state index contributed by atoms with van der Waals surface area (Å²) in [5, 5.41) is 22.7. The first-order valence-corrected chi connectivity index (χ1v) is 16.7. The number of nitro groups is 2. The minimum Gasteiger partial charge on any atom is -0.493 e. The van der Waals surface area contributed by atoms with Crippen LogP contribution in [0.2, 0.25) is 0 Å². The fourth-order valence-electron chi connectivity index (χ4n) is 6.11. The van der Waals surface area contributed by atoms with Crippen molar-refractivity contribution in [3.05, 3.63) is 162 Å². The van der Waals surface area contributed by atoms with E-state index in [0.717, 1.165) is 32.4 Å². The van der Waals surface area contributed by atoms with E-state index in [1.54, 1.807) is 41.0 Å². The first-order chi connectivity index (χ1) is 23.2. The van der Waals surface area contributed by atoms with Crippen molar-refractivity contribution in [3.8, 4) is 11.5 Å². The number of allylic oxidation sites excluding steroid dienone is 1. The third-order valence-corrected chi connectivity index (χ3v) is 10.1. The molecular weight excluding hydrogens is 747 g/mol. The van der Waals surface area contributed by atoms with E-state index < -0.39 is 15.9 Å². The molecule has 2 heterocycles.